The molecule has 4 N–H and O–H groups in total. The van der Waals surface area contributed by atoms with E-state index in [9.17, 15) is 9.65 Å². The van der Waals surface area contributed by atoms with Gasteiger partial charge in [0, 0.05) is 41.2 Å². The van der Waals surface area contributed by atoms with Crippen LogP contribution in [0.4, 0.5) is 25.4 Å². The predicted octanol–water partition coefficient (Wildman–Crippen LogP) is 6.16. The lowest BCUT2D eigenvalue weighted by atomic mass is 9.92. The van der Waals surface area contributed by atoms with Crippen LogP contribution in [0.3, 0.4) is 0 Å². The molecule has 0 bridgehead atoms. The minimum atomic E-state index is -0.797. The largest absolute Gasteiger partial charge is 0.489 e. The van der Waals surface area contributed by atoms with Crippen molar-refractivity contribution in [3.8, 4) is 29.0 Å². The average molecular weight is 663 g/mol. The number of rotatable bonds is 6. The molecule has 7 rings (SSSR count). The van der Waals surface area contributed by atoms with Crippen LogP contribution in [0.2, 0.25) is 5.02 Å². The molecule has 0 radical (unpaired) electrons. The number of anilines is 3. The van der Waals surface area contributed by atoms with E-state index in [1.54, 1.807) is 12.3 Å². The number of nitrogens with two attached hydrogens (primary N) is 2. The molecule has 10 nitrogen and oxygen atoms in total. The van der Waals surface area contributed by atoms with Crippen molar-refractivity contribution in [1.82, 2.24) is 19.9 Å². The van der Waals surface area contributed by atoms with Crippen LogP contribution >= 0.6 is 22.9 Å². The molecule has 1 fully saturated rings. The van der Waals surface area contributed by atoms with Gasteiger partial charge in [-0.25, -0.2) is 13.8 Å². The monoisotopic (exact) mass is 662 g/mol. The van der Waals surface area contributed by atoms with Gasteiger partial charge in [0.05, 0.1) is 39.9 Å². The standard InChI is InChI=1S/C32H29ClF2N8O2S/c1-14-16(12-42(14)3)13-45-32-40-26-23-27(44-10-9-43(31(23)41-32)15(2)17-5-4-8-39-29(17)37)24(33)22(25(26)35)18-6-7-20(34)28-21(18)19(11-36)30(38)46-28/h4-8,14-16H,9-10,12-13,38H2,1-3H3,(H2,37,39)/t14?,15-,16-/m1/s1. The number of benzene rings is 2. The highest BCUT2D eigenvalue weighted by Crippen LogP contribution is 2.51. The summed E-state index contributed by atoms with van der Waals surface area (Å²) in [5.74, 6) is -0.255. The number of fused-ring (bicyclic) bond motifs is 1. The van der Waals surface area contributed by atoms with Crippen molar-refractivity contribution >= 4 is 60.6 Å². The highest BCUT2D eigenvalue weighted by Gasteiger charge is 2.35. The molecule has 3 aromatic heterocycles. The number of thiophene rings is 1. The molecule has 46 heavy (non-hydrogen) atoms. The molecule has 0 saturated carbocycles. The first-order valence-corrected chi connectivity index (χ1v) is 15.9. The molecule has 5 heterocycles. The summed E-state index contributed by atoms with van der Waals surface area (Å²) in [6.07, 6.45) is 1.61. The molecule has 236 valence electrons. The van der Waals surface area contributed by atoms with Gasteiger partial charge in [0.2, 0.25) is 0 Å². The summed E-state index contributed by atoms with van der Waals surface area (Å²) in [4.78, 5) is 17.8. The SMILES string of the molecule is CC1[C@@H](COc2nc3c4c(c(Cl)c(-c5ccc(F)c6sc(N)c(C#N)c56)c(F)c4n2)OCCN3[C@H](C)c2cccnc2N)CN1C. The molecular weight excluding hydrogens is 634 g/mol. The molecule has 5 aromatic rings. The molecule has 1 unspecified atom stereocenters. The second-order valence-corrected chi connectivity index (χ2v) is 13.0. The van der Waals surface area contributed by atoms with Gasteiger partial charge in [-0.2, -0.15) is 15.2 Å². The minimum absolute atomic E-state index is 0.0117. The molecule has 2 aliphatic rings. The molecule has 2 aliphatic heterocycles. The summed E-state index contributed by atoms with van der Waals surface area (Å²) in [6, 6.07) is 8.24. The number of nitrogens with zero attached hydrogens (tertiary/aromatic N) is 6. The van der Waals surface area contributed by atoms with Gasteiger partial charge in [-0.1, -0.05) is 23.7 Å². The van der Waals surface area contributed by atoms with Gasteiger partial charge >= 0.3 is 6.01 Å². The second kappa shape index (κ2) is 11.4. The predicted molar refractivity (Wildman–Crippen MR) is 175 cm³/mol. The van der Waals surface area contributed by atoms with E-state index in [1.165, 1.54) is 12.1 Å². The van der Waals surface area contributed by atoms with E-state index in [-0.39, 0.29) is 78.0 Å². The molecule has 1 saturated heterocycles. The Morgan fingerprint density at radius 1 is 1.24 bits per heavy atom. The highest BCUT2D eigenvalue weighted by molar-refractivity contribution is 7.23. The Kier molecular flexibility index (Phi) is 7.46. The van der Waals surface area contributed by atoms with E-state index >= 15 is 4.39 Å². The van der Waals surface area contributed by atoms with Crippen LogP contribution in [0.25, 0.3) is 32.1 Å². The van der Waals surface area contributed by atoms with Gasteiger partial charge < -0.3 is 30.7 Å². The van der Waals surface area contributed by atoms with Gasteiger partial charge in [-0.3, -0.25) is 0 Å². The maximum absolute atomic E-state index is 17.1. The van der Waals surface area contributed by atoms with Gasteiger partial charge in [-0.05, 0) is 38.6 Å². The number of aromatic nitrogens is 3. The first-order valence-electron chi connectivity index (χ1n) is 14.7. The molecule has 14 heteroatoms. The number of hydrogen-bond acceptors (Lipinski definition) is 11. The van der Waals surface area contributed by atoms with E-state index in [0.29, 0.717) is 30.8 Å². The van der Waals surface area contributed by atoms with Crippen LogP contribution in [-0.2, 0) is 0 Å². The van der Waals surface area contributed by atoms with Crippen molar-refractivity contribution in [3.05, 3.63) is 58.2 Å². The molecule has 0 spiro atoms. The summed E-state index contributed by atoms with van der Waals surface area (Å²) in [5.41, 5.74) is 13.1. The zero-order chi connectivity index (χ0) is 32.4. The van der Waals surface area contributed by atoms with Gasteiger partial charge in [0.25, 0.3) is 0 Å². The van der Waals surface area contributed by atoms with Crippen LogP contribution in [0.1, 0.15) is 31.0 Å². The number of nitriles is 1. The van der Waals surface area contributed by atoms with Crippen LogP contribution in [-0.4, -0.2) is 59.2 Å². The number of halogens is 3. The Labute approximate surface area is 272 Å². The number of ether oxygens (including phenoxy) is 2. The number of pyridine rings is 1. The highest BCUT2D eigenvalue weighted by atomic mass is 35.5. The average Bonchev–Trinajstić information content (AvgIpc) is 3.27. The van der Waals surface area contributed by atoms with E-state index in [0.717, 1.165) is 23.4 Å². The Bertz CT molecular complexity index is 2090. The smallest absolute Gasteiger partial charge is 0.319 e. The van der Waals surface area contributed by atoms with Gasteiger partial charge in [0.1, 0.15) is 40.6 Å². The van der Waals surface area contributed by atoms with E-state index in [2.05, 4.69) is 21.8 Å². The van der Waals surface area contributed by atoms with E-state index < -0.39 is 11.6 Å². The fourth-order valence-electron chi connectivity index (χ4n) is 6.35. The van der Waals surface area contributed by atoms with Crippen molar-refractivity contribution in [1.29, 1.82) is 5.26 Å². The lowest BCUT2D eigenvalue weighted by Gasteiger charge is -2.43. The molecule has 0 aliphatic carbocycles. The summed E-state index contributed by atoms with van der Waals surface area (Å²) < 4.78 is 44.5. The maximum Gasteiger partial charge on any atom is 0.319 e. The number of hydrogen-bond donors (Lipinski definition) is 2. The zero-order valence-electron chi connectivity index (χ0n) is 25.1. The molecule has 3 atom stereocenters. The molecule has 2 aromatic carbocycles. The third-order valence-corrected chi connectivity index (χ3v) is 10.5. The maximum atomic E-state index is 17.1. The quantitative estimate of drug-likeness (QED) is 0.217. The fraction of sp³-hybridized carbons (Fsp3) is 0.312. The van der Waals surface area contributed by atoms with Crippen LogP contribution in [0.5, 0.6) is 11.8 Å². The summed E-state index contributed by atoms with van der Waals surface area (Å²) in [6.45, 7) is 5.76. The van der Waals surface area contributed by atoms with Crippen molar-refractivity contribution in [2.75, 3.05) is 49.7 Å². The van der Waals surface area contributed by atoms with Gasteiger partial charge in [0.15, 0.2) is 11.6 Å². The van der Waals surface area contributed by atoms with Crippen molar-refractivity contribution in [2.24, 2.45) is 5.92 Å². The normalized spacial score (nSPS) is 18.6. The Morgan fingerprint density at radius 2 is 2.04 bits per heavy atom. The summed E-state index contributed by atoms with van der Waals surface area (Å²) in [7, 11) is 2.04. The lowest BCUT2D eigenvalue weighted by molar-refractivity contribution is 0.0199. The minimum Gasteiger partial charge on any atom is -0.489 e. The van der Waals surface area contributed by atoms with Crippen molar-refractivity contribution < 1.29 is 18.3 Å². The Balaban J connectivity index is 1.48. The van der Waals surface area contributed by atoms with Crippen molar-refractivity contribution in [2.45, 2.75) is 25.9 Å². The third kappa shape index (κ3) is 4.62. The summed E-state index contributed by atoms with van der Waals surface area (Å²) in [5, 5.41) is 10.4. The Morgan fingerprint density at radius 3 is 2.76 bits per heavy atom. The van der Waals surface area contributed by atoms with E-state index in [1.807, 2.05) is 31.0 Å². The Hall–Kier alpha value is -4.51. The first-order chi connectivity index (χ1) is 22.1. The first kappa shape index (κ1) is 30.2. The van der Waals surface area contributed by atoms with Crippen LogP contribution < -0.4 is 25.8 Å². The van der Waals surface area contributed by atoms with Gasteiger partial charge in [-0.15, -0.1) is 11.3 Å². The lowest BCUT2D eigenvalue weighted by Crippen LogP contribution is -2.54. The summed E-state index contributed by atoms with van der Waals surface area (Å²) >= 11 is 7.92. The second-order valence-electron chi connectivity index (χ2n) is 11.6. The third-order valence-electron chi connectivity index (χ3n) is 9.11. The molecule has 0 amide bonds. The fourth-order valence-corrected chi connectivity index (χ4v) is 7.64. The topological polar surface area (TPSA) is 139 Å². The number of likely N-dealkylation sites (tertiary alicyclic amines) is 1. The van der Waals surface area contributed by atoms with E-state index in [4.69, 9.17) is 37.5 Å². The zero-order valence-corrected chi connectivity index (χ0v) is 26.7. The number of nitrogen functional groups attached to an aromatic ring is 2. The molecular formula is C32H29ClF2N8O2S. The van der Waals surface area contributed by atoms with Crippen LogP contribution in [0, 0.1) is 28.9 Å². The van der Waals surface area contributed by atoms with Crippen LogP contribution in [0.15, 0.2) is 30.5 Å². The van der Waals surface area contributed by atoms with Crippen molar-refractivity contribution in [3.63, 3.8) is 0 Å².